The highest BCUT2D eigenvalue weighted by molar-refractivity contribution is 7.87. The Hall–Kier alpha value is 0.520. The quantitative estimate of drug-likeness (QED) is 0.379. The molecular weight excluding hydrogens is 380 g/mol. The predicted molar refractivity (Wildman–Crippen MR) is 99.4 cm³/mol. The molecule has 0 fully saturated rings. The Balaban J connectivity index is 4.32. The topological polar surface area (TPSA) is 86.7 Å². The molecule has 0 N–H and O–H groups in total. The highest BCUT2D eigenvalue weighted by Gasteiger charge is 2.24. The summed E-state index contributed by atoms with van der Waals surface area (Å²) in [6, 6.07) is 0. The van der Waals surface area contributed by atoms with Gasteiger partial charge in [0.05, 0.1) is 24.7 Å². The molecular formula is C13H28O6S4. The molecule has 0 aliphatic carbocycles. The summed E-state index contributed by atoms with van der Waals surface area (Å²) >= 11 is 8.24. The number of thiol groups is 2. The van der Waals surface area contributed by atoms with Crippen LogP contribution in [0.2, 0.25) is 0 Å². The zero-order chi connectivity index (χ0) is 18.4. The summed E-state index contributed by atoms with van der Waals surface area (Å²) in [5.41, 5.74) is -0.742. The second-order valence-electron chi connectivity index (χ2n) is 7.05. The van der Waals surface area contributed by atoms with Gasteiger partial charge in [-0.3, -0.25) is 8.37 Å². The van der Waals surface area contributed by atoms with Gasteiger partial charge in [0, 0.05) is 0 Å². The highest BCUT2D eigenvalue weighted by atomic mass is 32.2. The van der Waals surface area contributed by atoms with Crippen molar-refractivity contribution in [3.05, 3.63) is 0 Å². The minimum Gasteiger partial charge on any atom is -0.270 e. The van der Waals surface area contributed by atoms with Crippen LogP contribution in [0.5, 0.6) is 0 Å². The van der Waals surface area contributed by atoms with E-state index in [9.17, 15) is 16.8 Å². The monoisotopic (exact) mass is 408 g/mol. The molecule has 0 aromatic carbocycles. The van der Waals surface area contributed by atoms with Crippen molar-refractivity contribution in [2.45, 2.75) is 34.1 Å². The minimum atomic E-state index is -3.76. The van der Waals surface area contributed by atoms with E-state index in [1.54, 1.807) is 0 Å². The Bertz CT molecular complexity index is 501. The Kier molecular flexibility index (Phi) is 9.49. The van der Waals surface area contributed by atoms with Crippen LogP contribution < -0.4 is 0 Å². The molecule has 0 unspecified atom stereocenters. The summed E-state index contributed by atoms with van der Waals surface area (Å²) in [6.07, 6.45) is -0.0761. The van der Waals surface area contributed by atoms with Gasteiger partial charge in [0.1, 0.15) is 0 Å². The minimum absolute atomic E-state index is 0.0121. The first-order valence-electron chi connectivity index (χ1n) is 7.20. The molecule has 10 heteroatoms. The summed E-state index contributed by atoms with van der Waals surface area (Å²) in [4.78, 5) is 0. The molecule has 140 valence electrons. The van der Waals surface area contributed by atoms with Gasteiger partial charge < -0.3 is 0 Å². The van der Waals surface area contributed by atoms with Crippen molar-refractivity contribution >= 4 is 45.5 Å². The van der Waals surface area contributed by atoms with E-state index in [0.29, 0.717) is 11.5 Å². The molecule has 0 aromatic heterocycles. The average Bonchev–Trinajstić information content (AvgIpc) is 2.43. The van der Waals surface area contributed by atoms with Gasteiger partial charge in [-0.2, -0.15) is 42.1 Å². The van der Waals surface area contributed by atoms with Crippen LogP contribution in [0.25, 0.3) is 0 Å². The maximum absolute atomic E-state index is 11.7. The van der Waals surface area contributed by atoms with Crippen molar-refractivity contribution in [1.29, 1.82) is 0 Å². The van der Waals surface area contributed by atoms with Crippen LogP contribution in [0.15, 0.2) is 0 Å². The maximum Gasteiger partial charge on any atom is 0.267 e. The molecule has 0 amide bonds. The average molecular weight is 409 g/mol. The van der Waals surface area contributed by atoms with E-state index in [2.05, 4.69) is 25.3 Å². The standard InChI is InChI=1S/C13H28O6S4/c1-12(2,10-20)8-18-22(14,15)6-5-7-23(16,17)19-9-13(3,4)11-21/h20-21H,5-11H2,1-4H3. The smallest absolute Gasteiger partial charge is 0.267 e. The maximum atomic E-state index is 11.7. The first-order valence-corrected chi connectivity index (χ1v) is 11.6. The Morgan fingerprint density at radius 3 is 1.30 bits per heavy atom. The first-order chi connectivity index (χ1) is 10.2. The first kappa shape index (κ1) is 23.5. The van der Waals surface area contributed by atoms with Crippen LogP contribution in [-0.2, 0) is 28.6 Å². The van der Waals surface area contributed by atoms with Crippen molar-refractivity contribution in [3.8, 4) is 0 Å². The fraction of sp³-hybridized carbons (Fsp3) is 1.00. The Labute approximate surface area is 151 Å². The zero-order valence-corrected chi connectivity index (χ0v) is 17.5. The highest BCUT2D eigenvalue weighted by Crippen LogP contribution is 2.19. The lowest BCUT2D eigenvalue weighted by Crippen LogP contribution is -2.26. The van der Waals surface area contributed by atoms with Crippen molar-refractivity contribution in [3.63, 3.8) is 0 Å². The number of rotatable bonds is 12. The largest absolute Gasteiger partial charge is 0.270 e. The van der Waals surface area contributed by atoms with E-state index in [-0.39, 0.29) is 42.0 Å². The lowest BCUT2D eigenvalue weighted by molar-refractivity contribution is 0.206. The van der Waals surface area contributed by atoms with Crippen LogP contribution in [0, 0.1) is 10.8 Å². The van der Waals surface area contributed by atoms with E-state index in [4.69, 9.17) is 8.37 Å². The normalized spacial score (nSPS) is 14.2. The molecule has 6 nitrogen and oxygen atoms in total. The van der Waals surface area contributed by atoms with Gasteiger partial charge in [-0.25, -0.2) is 0 Å². The Morgan fingerprint density at radius 2 is 1.04 bits per heavy atom. The van der Waals surface area contributed by atoms with Crippen LogP contribution in [0.1, 0.15) is 34.1 Å². The fourth-order valence-electron chi connectivity index (χ4n) is 1.12. The molecule has 0 saturated carbocycles. The molecule has 23 heavy (non-hydrogen) atoms. The third-order valence-corrected chi connectivity index (χ3v) is 7.15. The number of hydrogen-bond donors (Lipinski definition) is 2. The third-order valence-electron chi connectivity index (χ3n) is 2.90. The lowest BCUT2D eigenvalue weighted by Gasteiger charge is -2.21. The van der Waals surface area contributed by atoms with Gasteiger partial charge in [-0.05, 0) is 28.8 Å². The SMILES string of the molecule is CC(C)(CS)COS(=O)(=O)CCCS(=O)(=O)OCC(C)(C)CS. The van der Waals surface area contributed by atoms with Gasteiger partial charge in [-0.15, -0.1) is 0 Å². The van der Waals surface area contributed by atoms with E-state index in [1.807, 2.05) is 27.7 Å². The van der Waals surface area contributed by atoms with Crippen LogP contribution in [-0.4, -0.2) is 53.1 Å². The van der Waals surface area contributed by atoms with Crippen molar-refractivity contribution in [1.82, 2.24) is 0 Å². The third kappa shape index (κ3) is 11.7. The summed E-state index contributed by atoms with van der Waals surface area (Å²) in [6.45, 7) is 7.35. The van der Waals surface area contributed by atoms with Gasteiger partial charge in [0.15, 0.2) is 0 Å². The lowest BCUT2D eigenvalue weighted by atomic mass is 9.98. The summed E-state index contributed by atoms with van der Waals surface area (Å²) < 4.78 is 56.8. The van der Waals surface area contributed by atoms with Gasteiger partial charge in [0.2, 0.25) is 0 Å². The van der Waals surface area contributed by atoms with Crippen molar-refractivity contribution < 1.29 is 25.2 Å². The van der Waals surface area contributed by atoms with E-state index in [0.717, 1.165) is 0 Å². The van der Waals surface area contributed by atoms with Crippen LogP contribution in [0.4, 0.5) is 0 Å². The van der Waals surface area contributed by atoms with Crippen LogP contribution >= 0.6 is 25.3 Å². The predicted octanol–water partition coefficient (Wildman–Crippen LogP) is 1.98. The van der Waals surface area contributed by atoms with E-state index < -0.39 is 20.2 Å². The number of hydrogen-bond acceptors (Lipinski definition) is 8. The molecule has 0 atom stereocenters. The molecule has 0 heterocycles. The van der Waals surface area contributed by atoms with Crippen LogP contribution in [0.3, 0.4) is 0 Å². The fourth-order valence-corrected chi connectivity index (χ4v) is 3.71. The van der Waals surface area contributed by atoms with Gasteiger partial charge in [-0.1, -0.05) is 27.7 Å². The molecule has 0 aliphatic rings. The van der Waals surface area contributed by atoms with Crippen molar-refractivity contribution in [2.75, 3.05) is 36.2 Å². The summed E-state index contributed by atoms with van der Waals surface area (Å²) in [5.74, 6) is 0.222. The Morgan fingerprint density at radius 1 is 0.739 bits per heavy atom. The second kappa shape index (κ2) is 9.28. The summed E-state index contributed by atoms with van der Waals surface area (Å²) in [5, 5.41) is 0. The summed E-state index contributed by atoms with van der Waals surface area (Å²) in [7, 11) is -7.52. The van der Waals surface area contributed by atoms with E-state index >= 15 is 0 Å². The van der Waals surface area contributed by atoms with E-state index in [1.165, 1.54) is 0 Å². The molecule has 0 rings (SSSR count). The van der Waals surface area contributed by atoms with Gasteiger partial charge in [0.25, 0.3) is 20.2 Å². The molecule has 0 aromatic rings. The molecule has 0 saturated heterocycles. The van der Waals surface area contributed by atoms with Crippen molar-refractivity contribution in [2.24, 2.45) is 10.8 Å². The van der Waals surface area contributed by atoms with Gasteiger partial charge >= 0.3 is 0 Å². The second-order valence-corrected chi connectivity index (χ2v) is 11.2. The molecule has 0 radical (unpaired) electrons. The molecule has 0 spiro atoms. The molecule has 0 aliphatic heterocycles. The molecule has 0 bridgehead atoms. The zero-order valence-electron chi connectivity index (χ0n) is 14.1.